The minimum atomic E-state index is -0.499. The van der Waals surface area contributed by atoms with Gasteiger partial charge in [0.05, 0.1) is 36.4 Å². The molecule has 3 saturated heterocycles. The number of ether oxygens (including phenoxy) is 6. The van der Waals surface area contributed by atoms with E-state index in [4.69, 9.17) is 28.4 Å². The number of hydrogen-bond acceptors (Lipinski definition) is 7. The zero-order chi connectivity index (χ0) is 38.6. The molecule has 0 aliphatic carbocycles. The molecule has 3 aliphatic rings. The van der Waals surface area contributed by atoms with E-state index in [9.17, 15) is 4.79 Å². The molecule has 308 valence electrons. The second-order valence-electron chi connectivity index (χ2n) is 16.1. The minimum absolute atomic E-state index is 0.226. The Morgan fingerprint density at radius 2 is 1.18 bits per heavy atom. The minimum Gasteiger partial charge on any atom is -0.465 e. The lowest BCUT2D eigenvalue weighted by molar-refractivity contribution is -0.108. The Morgan fingerprint density at radius 1 is 0.643 bits per heavy atom. The Bertz CT molecular complexity index is 1650. The Labute approximate surface area is 336 Å². The number of fused-ring (bicyclic) bond motifs is 1. The Morgan fingerprint density at radius 3 is 1.73 bits per heavy atom. The summed E-state index contributed by atoms with van der Waals surface area (Å²) in [6.07, 6.45) is 31.1. The van der Waals surface area contributed by atoms with Gasteiger partial charge >= 0.3 is 0 Å². The molecule has 0 N–H and O–H groups in total. The van der Waals surface area contributed by atoms with Crippen LogP contribution in [-0.4, -0.2) is 43.3 Å². The molecule has 0 saturated carbocycles. The molecule has 3 atom stereocenters. The lowest BCUT2D eigenvalue weighted by atomic mass is 10.0. The fourth-order valence-electron chi connectivity index (χ4n) is 8.21. The molecule has 3 aromatic rings. The van der Waals surface area contributed by atoms with Crippen LogP contribution in [-0.2, 0) is 14.2 Å². The fourth-order valence-corrected chi connectivity index (χ4v) is 8.21. The highest BCUT2D eigenvalue weighted by Gasteiger charge is 2.28. The zero-order valence-electron chi connectivity index (χ0n) is 34.3. The lowest BCUT2D eigenvalue weighted by Crippen LogP contribution is -2.29. The van der Waals surface area contributed by atoms with Crippen LogP contribution in [0.5, 0.6) is 17.2 Å². The Hall–Kier alpha value is -3.33. The maximum atomic E-state index is 14.9. The molecular formula is C48H69NO7. The van der Waals surface area contributed by atoms with Crippen LogP contribution in [0.1, 0.15) is 161 Å². The number of unbranched alkanes of at least 4 members (excludes halogenated alkanes) is 14. The number of allylic oxidation sites excluding steroid dienone is 1. The van der Waals surface area contributed by atoms with Gasteiger partial charge in [-0.05, 0) is 51.4 Å². The van der Waals surface area contributed by atoms with Gasteiger partial charge in [-0.25, -0.2) is 0 Å². The van der Waals surface area contributed by atoms with Crippen LogP contribution in [0.15, 0.2) is 53.3 Å². The summed E-state index contributed by atoms with van der Waals surface area (Å²) in [6.45, 7) is 4.20. The maximum absolute atomic E-state index is 14.9. The van der Waals surface area contributed by atoms with E-state index in [1.807, 2.05) is 42.5 Å². The quantitative estimate of drug-likeness (QED) is 0.0888. The van der Waals surface area contributed by atoms with Crippen molar-refractivity contribution in [2.24, 2.45) is 0 Å². The van der Waals surface area contributed by atoms with Crippen molar-refractivity contribution in [3.8, 4) is 28.5 Å². The van der Waals surface area contributed by atoms with E-state index in [0.29, 0.717) is 47.9 Å². The van der Waals surface area contributed by atoms with Gasteiger partial charge in [0.15, 0.2) is 24.6 Å². The number of nitrogens with zero attached hydrogens (tertiary/aromatic N) is 1. The SMILES string of the molecule is CCCCCCCCCCCCCCCCC=Cn1c(-c2ccccc2)c(OC2CCCCO2)c(=O)c2c(OC3CCCCO3)cc(OC3CCCCO3)cc21. The van der Waals surface area contributed by atoms with Crippen molar-refractivity contribution in [3.63, 3.8) is 0 Å². The van der Waals surface area contributed by atoms with E-state index in [0.717, 1.165) is 76.2 Å². The maximum Gasteiger partial charge on any atom is 0.235 e. The first-order valence-electron chi connectivity index (χ1n) is 22.5. The summed E-state index contributed by atoms with van der Waals surface area (Å²) in [5, 5.41) is 0.447. The molecule has 0 radical (unpaired) electrons. The van der Waals surface area contributed by atoms with Gasteiger partial charge in [-0.15, -0.1) is 0 Å². The van der Waals surface area contributed by atoms with Crippen molar-refractivity contribution in [2.45, 2.75) is 180 Å². The predicted octanol–water partition coefficient (Wildman–Crippen LogP) is 12.7. The second-order valence-corrected chi connectivity index (χ2v) is 16.1. The summed E-state index contributed by atoms with van der Waals surface area (Å²) < 4.78 is 39.9. The van der Waals surface area contributed by atoms with Crippen molar-refractivity contribution in [1.82, 2.24) is 4.57 Å². The van der Waals surface area contributed by atoms with Crippen LogP contribution in [0.3, 0.4) is 0 Å². The average Bonchev–Trinajstić information content (AvgIpc) is 3.23. The van der Waals surface area contributed by atoms with Crippen LogP contribution in [0.4, 0.5) is 0 Å². The van der Waals surface area contributed by atoms with Gasteiger partial charge in [-0.2, -0.15) is 0 Å². The molecule has 8 nitrogen and oxygen atoms in total. The van der Waals surface area contributed by atoms with Crippen molar-refractivity contribution in [2.75, 3.05) is 19.8 Å². The Kier molecular flexibility index (Phi) is 18.0. The monoisotopic (exact) mass is 772 g/mol. The molecule has 6 rings (SSSR count). The predicted molar refractivity (Wildman–Crippen MR) is 227 cm³/mol. The van der Waals surface area contributed by atoms with Gasteiger partial charge in [0.2, 0.25) is 5.43 Å². The van der Waals surface area contributed by atoms with Crippen LogP contribution >= 0.6 is 0 Å². The van der Waals surface area contributed by atoms with Crippen LogP contribution in [0.25, 0.3) is 28.4 Å². The number of rotatable bonds is 23. The first-order chi connectivity index (χ1) is 27.7. The molecular weight excluding hydrogens is 703 g/mol. The van der Waals surface area contributed by atoms with Gasteiger partial charge in [-0.1, -0.05) is 127 Å². The van der Waals surface area contributed by atoms with E-state index < -0.39 is 12.6 Å². The largest absolute Gasteiger partial charge is 0.465 e. The summed E-state index contributed by atoms with van der Waals surface area (Å²) in [6, 6.07) is 13.9. The smallest absolute Gasteiger partial charge is 0.235 e. The molecule has 3 unspecified atom stereocenters. The van der Waals surface area contributed by atoms with Gasteiger partial charge in [0.25, 0.3) is 0 Å². The van der Waals surface area contributed by atoms with Crippen molar-refractivity contribution in [3.05, 3.63) is 58.8 Å². The standard InChI is InChI=1S/C48H69NO7/c1-2-3-4-5-6-7-8-9-10-11-12-13-14-15-16-23-32-49-40-36-39(54-42-29-20-24-33-51-42)37-41(55-43-30-21-25-34-52-43)45(40)47(50)48(56-44-31-22-26-35-53-44)46(49)38-27-18-17-19-28-38/h17-19,23,27-28,32,36-37,42-44H,2-16,20-22,24-26,29-31,33-35H2,1H3. The average molecular weight is 772 g/mol. The van der Waals surface area contributed by atoms with Crippen LogP contribution in [0.2, 0.25) is 0 Å². The molecule has 8 heteroatoms. The van der Waals surface area contributed by atoms with E-state index in [1.54, 1.807) is 0 Å². The fraction of sp³-hybridized carbons (Fsp3) is 0.646. The van der Waals surface area contributed by atoms with Crippen LogP contribution in [0, 0.1) is 0 Å². The topological polar surface area (TPSA) is 77.4 Å². The van der Waals surface area contributed by atoms with Gasteiger partial charge in [0.1, 0.15) is 11.5 Å². The van der Waals surface area contributed by atoms with Crippen LogP contribution < -0.4 is 19.6 Å². The summed E-state index contributed by atoms with van der Waals surface area (Å²) in [5.41, 5.74) is 2.05. The lowest BCUT2D eigenvalue weighted by Gasteiger charge is -2.28. The third-order valence-electron chi connectivity index (χ3n) is 11.4. The van der Waals surface area contributed by atoms with E-state index in [2.05, 4.69) is 23.8 Å². The third-order valence-corrected chi connectivity index (χ3v) is 11.4. The molecule has 2 aromatic carbocycles. The first-order valence-corrected chi connectivity index (χ1v) is 22.5. The normalized spacial score (nSPS) is 20.4. The van der Waals surface area contributed by atoms with E-state index >= 15 is 0 Å². The molecule has 4 heterocycles. The van der Waals surface area contributed by atoms with Crippen molar-refractivity contribution >= 4 is 17.1 Å². The third kappa shape index (κ3) is 12.8. The number of pyridine rings is 1. The molecule has 0 spiro atoms. The van der Waals surface area contributed by atoms with Gasteiger partial charge < -0.3 is 33.0 Å². The summed E-state index contributed by atoms with van der Waals surface area (Å²) in [5.74, 6) is 1.32. The molecule has 0 bridgehead atoms. The highest BCUT2D eigenvalue weighted by Crippen LogP contribution is 2.39. The summed E-state index contributed by atoms with van der Waals surface area (Å²) >= 11 is 0. The van der Waals surface area contributed by atoms with Gasteiger partial charge in [0, 0.05) is 43.2 Å². The van der Waals surface area contributed by atoms with Crippen molar-refractivity contribution < 1.29 is 28.4 Å². The highest BCUT2D eigenvalue weighted by molar-refractivity contribution is 5.93. The molecule has 56 heavy (non-hydrogen) atoms. The highest BCUT2D eigenvalue weighted by atomic mass is 16.7. The van der Waals surface area contributed by atoms with Gasteiger partial charge in [-0.3, -0.25) is 4.79 Å². The summed E-state index contributed by atoms with van der Waals surface area (Å²) in [4.78, 5) is 14.9. The van der Waals surface area contributed by atoms with Crippen molar-refractivity contribution in [1.29, 1.82) is 0 Å². The van der Waals surface area contributed by atoms with E-state index in [1.165, 1.54) is 83.5 Å². The Balaban J connectivity index is 1.25. The molecule has 3 fully saturated rings. The number of hydrogen-bond donors (Lipinski definition) is 0. The second kappa shape index (κ2) is 23.8. The molecule has 3 aliphatic heterocycles. The number of benzene rings is 2. The molecule has 0 amide bonds. The van der Waals surface area contributed by atoms with E-state index in [-0.39, 0.29) is 17.5 Å². The summed E-state index contributed by atoms with van der Waals surface area (Å²) in [7, 11) is 0. The zero-order valence-corrected chi connectivity index (χ0v) is 34.3. The number of aromatic nitrogens is 1. The first kappa shape index (κ1) is 42.3. The molecule has 1 aromatic heterocycles.